The Bertz CT molecular complexity index is 74.6. The van der Waals surface area contributed by atoms with Crippen LogP contribution < -0.4 is 0 Å². The molecule has 0 saturated carbocycles. The van der Waals surface area contributed by atoms with E-state index in [4.69, 9.17) is 0 Å². The molecule has 0 atom stereocenters. The Hall–Kier alpha value is 0.0774. The molecule has 0 saturated heterocycles. The Labute approximate surface area is 70.2 Å². The molecular formula is C8H15Li. The van der Waals surface area contributed by atoms with Crippen LogP contribution >= 0.6 is 0 Å². The van der Waals surface area contributed by atoms with E-state index in [0.29, 0.717) is 0 Å². The van der Waals surface area contributed by atoms with Crippen molar-refractivity contribution in [3.63, 3.8) is 0 Å². The van der Waals surface area contributed by atoms with Crippen molar-refractivity contribution in [2.24, 2.45) is 0 Å². The van der Waals surface area contributed by atoms with Gasteiger partial charge in [0.1, 0.15) is 0 Å². The van der Waals surface area contributed by atoms with Gasteiger partial charge in [-0.2, -0.15) is 0 Å². The standard InChI is InChI=1S/C8H14.Li.H/c1-3-5-7-8-6-4-2;;/h3,5,7H,1,4,6,8H2,2H3;;. The molecule has 0 unspecified atom stereocenters. The van der Waals surface area contributed by atoms with Gasteiger partial charge in [-0.15, -0.1) is 0 Å². The average Bonchev–Trinajstić information content (AvgIpc) is 1.81. The van der Waals surface area contributed by atoms with Gasteiger partial charge in [-0.3, -0.25) is 0 Å². The maximum absolute atomic E-state index is 3.57. The van der Waals surface area contributed by atoms with Crippen molar-refractivity contribution < 1.29 is 0 Å². The first-order valence-electron chi connectivity index (χ1n) is 3.19. The first-order chi connectivity index (χ1) is 3.91. The summed E-state index contributed by atoms with van der Waals surface area (Å²) in [5, 5.41) is 0. The summed E-state index contributed by atoms with van der Waals surface area (Å²) in [6.07, 6.45) is 9.73. The van der Waals surface area contributed by atoms with E-state index in [1.807, 2.05) is 12.2 Å². The predicted octanol–water partition coefficient (Wildman–Crippen LogP) is 2.27. The van der Waals surface area contributed by atoms with Crippen LogP contribution in [0, 0.1) is 0 Å². The number of allylic oxidation sites excluding steroid dienone is 3. The number of hydrogen-bond donors (Lipinski definition) is 0. The summed E-state index contributed by atoms with van der Waals surface area (Å²) in [7, 11) is 0. The monoisotopic (exact) mass is 118 g/mol. The Morgan fingerprint density at radius 3 is 2.56 bits per heavy atom. The molecule has 0 aromatic rings. The second kappa shape index (κ2) is 11.0. The third kappa shape index (κ3) is 11.6. The van der Waals surface area contributed by atoms with Gasteiger partial charge in [0.2, 0.25) is 0 Å². The van der Waals surface area contributed by atoms with Gasteiger partial charge in [0.05, 0.1) is 0 Å². The first kappa shape index (κ1) is 11.8. The summed E-state index contributed by atoms with van der Waals surface area (Å²) < 4.78 is 0. The Morgan fingerprint density at radius 1 is 1.44 bits per heavy atom. The molecule has 0 N–H and O–H groups in total. The number of rotatable bonds is 4. The van der Waals surface area contributed by atoms with E-state index < -0.39 is 0 Å². The fourth-order valence-electron chi connectivity index (χ4n) is 0.514. The second-order valence-electron chi connectivity index (χ2n) is 1.81. The SMILES string of the molecule is C=CC=CCCCC.[LiH]. The normalized spacial score (nSPS) is 9.00. The van der Waals surface area contributed by atoms with Crippen LogP contribution in [0.4, 0.5) is 0 Å². The molecule has 0 rings (SSSR count). The van der Waals surface area contributed by atoms with Crippen LogP contribution in [-0.2, 0) is 0 Å². The topological polar surface area (TPSA) is 0 Å². The van der Waals surface area contributed by atoms with Crippen molar-refractivity contribution >= 4 is 18.9 Å². The van der Waals surface area contributed by atoms with Gasteiger partial charge >= 0.3 is 18.9 Å². The maximum atomic E-state index is 3.57. The van der Waals surface area contributed by atoms with E-state index in [1.54, 1.807) is 0 Å². The van der Waals surface area contributed by atoms with E-state index in [0.717, 1.165) is 0 Å². The Morgan fingerprint density at radius 2 is 2.11 bits per heavy atom. The summed E-state index contributed by atoms with van der Waals surface area (Å²) in [6, 6.07) is 0. The minimum atomic E-state index is 0. The average molecular weight is 118 g/mol. The molecule has 0 aliphatic rings. The van der Waals surface area contributed by atoms with Crippen molar-refractivity contribution in [1.82, 2.24) is 0 Å². The van der Waals surface area contributed by atoms with Crippen LogP contribution in [0.15, 0.2) is 24.8 Å². The predicted molar refractivity (Wildman–Crippen MR) is 46.0 cm³/mol. The molecule has 0 heterocycles. The molecule has 0 bridgehead atoms. The van der Waals surface area contributed by atoms with E-state index in [9.17, 15) is 0 Å². The molecule has 0 nitrogen and oxygen atoms in total. The second-order valence-corrected chi connectivity index (χ2v) is 1.81. The van der Waals surface area contributed by atoms with Crippen molar-refractivity contribution in [2.75, 3.05) is 0 Å². The number of hydrogen-bond acceptors (Lipinski definition) is 0. The molecule has 0 aromatic heterocycles. The minimum absolute atomic E-state index is 0. The molecule has 0 radical (unpaired) electrons. The molecule has 48 valence electrons. The van der Waals surface area contributed by atoms with E-state index >= 15 is 0 Å². The zero-order valence-electron chi connectivity index (χ0n) is 5.56. The van der Waals surface area contributed by atoms with Crippen LogP contribution in [0.1, 0.15) is 26.2 Å². The third-order valence-electron chi connectivity index (χ3n) is 0.997. The van der Waals surface area contributed by atoms with Gasteiger partial charge in [-0.25, -0.2) is 0 Å². The van der Waals surface area contributed by atoms with Crippen molar-refractivity contribution in [2.45, 2.75) is 26.2 Å². The summed E-state index contributed by atoms with van der Waals surface area (Å²) in [4.78, 5) is 0. The fraction of sp³-hybridized carbons (Fsp3) is 0.500. The molecule has 0 aliphatic carbocycles. The summed E-state index contributed by atoms with van der Waals surface area (Å²) in [6.45, 7) is 5.77. The van der Waals surface area contributed by atoms with Gasteiger partial charge in [-0.1, -0.05) is 44.6 Å². The van der Waals surface area contributed by atoms with Crippen molar-refractivity contribution in [3.8, 4) is 0 Å². The van der Waals surface area contributed by atoms with E-state index in [2.05, 4.69) is 19.6 Å². The van der Waals surface area contributed by atoms with Gasteiger partial charge in [0, 0.05) is 0 Å². The third-order valence-corrected chi connectivity index (χ3v) is 0.997. The van der Waals surface area contributed by atoms with Crippen LogP contribution in [0.25, 0.3) is 0 Å². The van der Waals surface area contributed by atoms with Crippen LogP contribution in [0.3, 0.4) is 0 Å². The van der Waals surface area contributed by atoms with Gasteiger partial charge in [0.25, 0.3) is 0 Å². The van der Waals surface area contributed by atoms with Crippen molar-refractivity contribution in [3.05, 3.63) is 24.8 Å². The van der Waals surface area contributed by atoms with Gasteiger partial charge < -0.3 is 0 Å². The zero-order valence-corrected chi connectivity index (χ0v) is 5.56. The first-order valence-corrected chi connectivity index (χ1v) is 3.19. The molecule has 0 aliphatic heterocycles. The summed E-state index contributed by atoms with van der Waals surface area (Å²) >= 11 is 0. The summed E-state index contributed by atoms with van der Waals surface area (Å²) in [5.74, 6) is 0. The Balaban J connectivity index is 0. The zero-order chi connectivity index (χ0) is 6.24. The number of unbranched alkanes of at least 4 members (excludes halogenated alkanes) is 2. The molecule has 0 fully saturated rings. The molecule has 1 heteroatoms. The van der Waals surface area contributed by atoms with E-state index in [-0.39, 0.29) is 18.9 Å². The van der Waals surface area contributed by atoms with Gasteiger partial charge in [-0.05, 0) is 6.42 Å². The van der Waals surface area contributed by atoms with Crippen LogP contribution in [0.5, 0.6) is 0 Å². The van der Waals surface area contributed by atoms with Gasteiger partial charge in [0.15, 0.2) is 0 Å². The van der Waals surface area contributed by atoms with E-state index in [1.165, 1.54) is 19.3 Å². The molecule has 0 amide bonds. The molecule has 0 spiro atoms. The fourth-order valence-corrected chi connectivity index (χ4v) is 0.514. The van der Waals surface area contributed by atoms with Crippen LogP contribution in [0.2, 0.25) is 0 Å². The van der Waals surface area contributed by atoms with Crippen LogP contribution in [-0.4, -0.2) is 18.9 Å². The quantitative estimate of drug-likeness (QED) is 0.302. The Kier molecular flexibility index (Phi) is 14.4. The van der Waals surface area contributed by atoms with Crippen molar-refractivity contribution in [1.29, 1.82) is 0 Å². The molecule has 9 heavy (non-hydrogen) atoms. The molecular weight excluding hydrogens is 103 g/mol. The molecule has 0 aromatic carbocycles. The summed E-state index contributed by atoms with van der Waals surface area (Å²) in [5.41, 5.74) is 0.